The van der Waals surface area contributed by atoms with E-state index < -0.39 is 30.1 Å². The van der Waals surface area contributed by atoms with Crippen LogP contribution in [0.1, 0.15) is 84.5 Å². The van der Waals surface area contributed by atoms with E-state index in [1.165, 1.54) is 32.1 Å². The average Bonchev–Trinajstić information content (AvgIpc) is 2.67. The summed E-state index contributed by atoms with van der Waals surface area (Å²) in [5, 5.41) is 0. The summed E-state index contributed by atoms with van der Waals surface area (Å²) < 4.78 is 38.0. The van der Waals surface area contributed by atoms with E-state index in [-0.39, 0.29) is 12.8 Å². The SMILES string of the molecule is CC[C@@H](F)C(=O)OC1(OC(=O)[C@H](F)CC)CCC(C2CCCCC2)CC1. The lowest BCUT2D eigenvalue weighted by molar-refractivity contribution is -0.248. The van der Waals surface area contributed by atoms with Crippen LogP contribution in [0.5, 0.6) is 0 Å². The van der Waals surface area contributed by atoms with Crippen LogP contribution in [0.4, 0.5) is 8.78 Å². The molecule has 0 saturated heterocycles. The fourth-order valence-electron chi connectivity index (χ4n) is 4.21. The molecule has 0 spiro atoms. The first-order chi connectivity index (χ1) is 12.4. The van der Waals surface area contributed by atoms with Crippen molar-refractivity contribution in [2.24, 2.45) is 11.8 Å². The Labute approximate surface area is 155 Å². The third-order valence-electron chi connectivity index (χ3n) is 5.91. The van der Waals surface area contributed by atoms with Crippen molar-refractivity contribution < 1.29 is 27.8 Å². The molecule has 2 rings (SSSR count). The molecule has 26 heavy (non-hydrogen) atoms. The molecule has 0 aromatic rings. The molecular weight excluding hydrogens is 342 g/mol. The Morgan fingerprint density at radius 1 is 0.846 bits per heavy atom. The van der Waals surface area contributed by atoms with Crippen molar-refractivity contribution in [3.05, 3.63) is 0 Å². The standard InChI is InChI=1S/C20H32F2O4/c1-3-16(21)18(23)25-20(26-19(24)17(22)4-2)12-10-15(11-13-20)14-8-6-5-7-9-14/h14-17H,3-13H2,1-2H3/t16-,17-/m1/s1. The van der Waals surface area contributed by atoms with Crippen LogP contribution in [0.2, 0.25) is 0 Å². The third-order valence-corrected chi connectivity index (χ3v) is 5.91. The van der Waals surface area contributed by atoms with Crippen LogP contribution in [0.25, 0.3) is 0 Å². The lowest BCUT2D eigenvalue weighted by atomic mass is 9.72. The largest absolute Gasteiger partial charge is 0.420 e. The summed E-state index contributed by atoms with van der Waals surface area (Å²) in [5.41, 5.74) is 0. The number of carbonyl (C=O) groups is 2. The zero-order valence-corrected chi connectivity index (χ0v) is 16.0. The molecule has 2 saturated carbocycles. The highest BCUT2D eigenvalue weighted by Crippen LogP contribution is 2.43. The fourth-order valence-corrected chi connectivity index (χ4v) is 4.21. The van der Waals surface area contributed by atoms with Crippen LogP contribution in [-0.2, 0) is 19.1 Å². The van der Waals surface area contributed by atoms with E-state index in [0.29, 0.717) is 24.7 Å². The number of alkyl halides is 2. The molecule has 0 heterocycles. The molecule has 2 atom stereocenters. The Morgan fingerprint density at radius 2 is 1.27 bits per heavy atom. The number of carbonyl (C=O) groups excluding carboxylic acids is 2. The molecule has 0 bridgehead atoms. The van der Waals surface area contributed by atoms with Gasteiger partial charge in [0.1, 0.15) is 0 Å². The maximum Gasteiger partial charge on any atom is 0.343 e. The first kappa shape index (κ1) is 21.1. The minimum absolute atomic E-state index is 0.00570. The Balaban J connectivity index is 2.04. The molecular formula is C20H32F2O4. The minimum atomic E-state index is -1.76. The predicted molar refractivity (Wildman–Crippen MR) is 93.8 cm³/mol. The number of ether oxygens (including phenoxy) is 2. The van der Waals surface area contributed by atoms with E-state index >= 15 is 0 Å². The highest BCUT2D eigenvalue weighted by Gasteiger charge is 2.45. The van der Waals surface area contributed by atoms with E-state index in [1.54, 1.807) is 13.8 Å². The first-order valence-corrected chi connectivity index (χ1v) is 10.1. The van der Waals surface area contributed by atoms with Crippen LogP contribution in [0.3, 0.4) is 0 Å². The maximum absolute atomic E-state index is 13.7. The van der Waals surface area contributed by atoms with Crippen LogP contribution in [0, 0.1) is 11.8 Å². The Kier molecular flexibility index (Phi) is 7.84. The van der Waals surface area contributed by atoms with Crippen molar-refractivity contribution in [2.45, 2.75) is 103 Å². The highest BCUT2D eigenvalue weighted by atomic mass is 19.1. The van der Waals surface area contributed by atoms with Gasteiger partial charge in [0.25, 0.3) is 5.79 Å². The summed E-state index contributed by atoms with van der Waals surface area (Å²) in [6, 6.07) is 0. The second-order valence-corrected chi connectivity index (χ2v) is 7.74. The van der Waals surface area contributed by atoms with Crippen LogP contribution < -0.4 is 0 Å². The predicted octanol–water partition coefficient (Wildman–Crippen LogP) is 5.04. The molecule has 2 aliphatic carbocycles. The summed E-state index contributed by atoms with van der Waals surface area (Å²) in [5.74, 6) is -2.41. The van der Waals surface area contributed by atoms with Gasteiger partial charge in [-0.25, -0.2) is 18.4 Å². The molecule has 0 amide bonds. The normalized spacial score (nSPS) is 23.8. The van der Waals surface area contributed by atoms with Gasteiger partial charge in [-0.15, -0.1) is 0 Å². The first-order valence-electron chi connectivity index (χ1n) is 10.1. The van der Waals surface area contributed by atoms with Gasteiger partial charge < -0.3 is 9.47 Å². The monoisotopic (exact) mass is 374 g/mol. The van der Waals surface area contributed by atoms with Crippen LogP contribution in [0.15, 0.2) is 0 Å². The van der Waals surface area contributed by atoms with Gasteiger partial charge in [-0.2, -0.15) is 0 Å². The molecule has 2 aliphatic rings. The van der Waals surface area contributed by atoms with Crippen molar-refractivity contribution >= 4 is 11.9 Å². The van der Waals surface area contributed by atoms with Gasteiger partial charge in [0.05, 0.1) is 0 Å². The molecule has 2 fully saturated rings. The zero-order valence-electron chi connectivity index (χ0n) is 16.0. The Morgan fingerprint density at radius 3 is 1.69 bits per heavy atom. The van der Waals surface area contributed by atoms with Gasteiger partial charge in [-0.05, 0) is 37.5 Å². The van der Waals surface area contributed by atoms with E-state index in [0.717, 1.165) is 12.8 Å². The summed E-state index contributed by atoms with van der Waals surface area (Å²) in [4.78, 5) is 23.9. The maximum atomic E-state index is 13.7. The number of hydrogen-bond donors (Lipinski definition) is 0. The summed E-state index contributed by atoms with van der Waals surface area (Å²) in [6.07, 6.45) is 4.81. The van der Waals surface area contributed by atoms with Gasteiger partial charge >= 0.3 is 11.9 Å². The molecule has 0 unspecified atom stereocenters. The van der Waals surface area contributed by atoms with Gasteiger partial charge in [0.2, 0.25) is 0 Å². The van der Waals surface area contributed by atoms with Crippen LogP contribution >= 0.6 is 0 Å². The Bertz CT molecular complexity index is 442. The smallest absolute Gasteiger partial charge is 0.343 e. The topological polar surface area (TPSA) is 52.6 Å². The van der Waals surface area contributed by atoms with Crippen molar-refractivity contribution in [1.82, 2.24) is 0 Å². The average molecular weight is 374 g/mol. The van der Waals surface area contributed by atoms with Crippen molar-refractivity contribution in [2.75, 3.05) is 0 Å². The molecule has 0 aliphatic heterocycles. The summed E-state index contributed by atoms with van der Waals surface area (Å²) in [7, 11) is 0. The number of esters is 2. The lowest BCUT2D eigenvalue weighted by Crippen LogP contribution is -2.47. The molecule has 0 N–H and O–H groups in total. The van der Waals surface area contributed by atoms with Crippen LogP contribution in [-0.4, -0.2) is 30.1 Å². The van der Waals surface area contributed by atoms with E-state index in [1.807, 2.05) is 0 Å². The van der Waals surface area contributed by atoms with E-state index in [9.17, 15) is 18.4 Å². The highest BCUT2D eigenvalue weighted by molar-refractivity contribution is 5.77. The Hall–Kier alpha value is -1.20. The van der Waals surface area contributed by atoms with Crippen molar-refractivity contribution in [1.29, 1.82) is 0 Å². The third kappa shape index (κ3) is 5.40. The number of hydrogen-bond acceptors (Lipinski definition) is 4. The van der Waals surface area contributed by atoms with E-state index in [4.69, 9.17) is 9.47 Å². The summed E-state index contributed by atoms with van der Waals surface area (Å²) in [6.45, 7) is 3.08. The number of rotatable bonds is 7. The molecule has 150 valence electrons. The molecule has 4 nitrogen and oxygen atoms in total. The molecule has 0 aromatic heterocycles. The van der Waals surface area contributed by atoms with E-state index in [2.05, 4.69) is 0 Å². The minimum Gasteiger partial charge on any atom is -0.420 e. The van der Waals surface area contributed by atoms with Gasteiger partial charge in [0, 0.05) is 12.8 Å². The van der Waals surface area contributed by atoms with Gasteiger partial charge in [-0.1, -0.05) is 46.0 Å². The lowest BCUT2D eigenvalue weighted by Gasteiger charge is -2.41. The second kappa shape index (κ2) is 9.65. The second-order valence-electron chi connectivity index (χ2n) is 7.74. The quantitative estimate of drug-likeness (QED) is 0.463. The van der Waals surface area contributed by atoms with Gasteiger partial charge in [0.15, 0.2) is 12.3 Å². The zero-order chi connectivity index (χ0) is 19.2. The molecule has 0 aromatic carbocycles. The van der Waals surface area contributed by atoms with Gasteiger partial charge in [-0.3, -0.25) is 0 Å². The molecule has 0 radical (unpaired) electrons. The fraction of sp³-hybridized carbons (Fsp3) is 0.900. The van der Waals surface area contributed by atoms with Crippen molar-refractivity contribution in [3.63, 3.8) is 0 Å². The molecule has 6 heteroatoms. The van der Waals surface area contributed by atoms with Crippen molar-refractivity contribution in [3.8, 4) is 0 Å². The number of halogens is 2. The summed E-state index contributed by atoms with van der Waals surface area (Å²) >= 11 is 0.